The molecule has 0 aromatic heterocycles. The number of nitrogens with one attached hydrogen (secondary N) is 1. The Hall–Kier alpha value is -2.67. The van der Waals surface area contributed by atoms with Crippen LogP contribution < -0.4 is 16.0 Å². The molecule has 0 atom stereocenters. The van der Waals surface area contributed by atoms with Gasteiger partial charge in [-0.25, -0.2) is 4.79 Å². The highest BCUT2D eigenvalue weighted by molar-refractivity contribution is 7.99. The second-order valence-electron chi connectivity index (χ2n) is 7.17. The number of primary amides is 1. The summed E-state index contributed by atoms with van der Waals surface area (Å²) < 4.78 is 0. The summed E-state index contributed by atoms with van der Waals surface area (Å²) in [6.07, 6.45) is 2.74. The van der Waals surface area contributed by atoms with E-state index in [1.54, 1.807) is 11.9 Å². The minimum absolute atomic E-state index is 0.163. The van der Waals surface area contributed by atoms with E-state index in [1.807, 2.05) is 30.3 Å². The molecule has 0 aliphatic carbocycles. The number of urea groups is 1. The van der Waals surface area contributed by atoms with Crippen LogP contribution in [0.2, 0.25) is 0 Å². The molecule has 0 radical (unpaired) electrons. The first-order valence-electron chi connectivity index (χ1n) is 9.89. The van der Waals surface area contributed by atoms with E-state index in [4.69, 9.17) is 5.73 Å². The van der Waals surface area contributed by atoms with Gasteiger partial charge in [0.05, 0.1) is 5.69 Å². The topological polar surface area (TPSA) is 78.7 Å². The Morgan fingerprint density at radius 1 is 1.10 bits per heavy atom. The van der Waals surface area contributed by atoms with Gasteiger partial charge in [0, 0.05) is 49.4 Å². The molecule has 1 aliphatic heterocycles. The van der Waals surface area contributed by atoms with Gasteiger partial charge in [-0.05, 0) is 36.6 Å². The number of thioether (sulfide) groups is 1. The number of benzene rings is 2. The smallest absolute Gasteiger partial charge is 0.321 e. The first kappa shape index (κ1) is 21.0. The average Bonchev–Trinajstić information content (AvgIpc) is 3.24. The molecular weight excluding hydrogens is 384 g/mol. The number of carbonyl (C=O) groups is 2. The van der Waals surface area contributed by atoms with E-state index in [0.29, 0.717) is 18.7 Å². The average molecular weight is 413 g/mol. The van der Waals surface area contributed by atoms with Crippen LogP contribution in [0.25, 0.3) is 0 Å². The monoisotopic (exact) mass is 412 g/mol. The summed E-state index contributed by atoms with van der Waals surface area (Å²) in [5.74, 6) is 0.261. The van der Waals surface area contributed by atoms with Crippen LogP contribution in [0.15, 0.2) is 53.4 Å². The zero-order valence-corrected chi connectivity index (χ0v) is 17.6. The highest BCUT2D eigenvalue weighted by Gasteiger charge is 2.18. The molecule has 0 unspecified atom stereocenters. The number of amides is 3. The van der Waals surface area contributed by atoms with Gasteiger partial charge >= 0.3 is 6.03 Å². The second-order valence-corrected chi connectivity index (χ2v) is 8.31. The lowest BCUT2D eigenvalue weighted by Gasteiger charge is -2.25. The molecule has 6 nitrogen and oxygen atoms in total. The molecule has 2 aromatic rings. The molecule has 7 heteroatoms. The van der Waals surface area contributed by atoms with Crippen LogP contribution in [0.5, 0.6) is 0 Å². The van der Waals surface area contributed by atoms with E-state index in [1.165, 1.54) is 30.3 Å². The van der Waals surface area contributed by atoms with Crippen LogP contribution >= 0.6 is 11.8 Å². The van der Waals surface area contributed by atoms with Crippen LogP contribution in [0.4, 0.5) is 16.2 Å². The van der Waals surface area contributed by atoms with Gasteiger partial charge in [0.25, 0.3) is 0 Å². The fourth-order valence-electron chi connectivity index (χ4n) is 3.41. The van der Waals surface area contributed by atoms with Crippen LogP contribution in [-0.2, 0) is 11.3 Å². The van der Waals surface area contributed by atoms with Crippen LogP contribution in [0.1, 0.15) is 24.8 Å². The van der Waals surface area contributed by atoms with Crippen LogP contribution in [0.3, 0.4) is 0 Å². The van der Waals surface area contributed by atoms with Crippen molar-refractivity contribution >= 4 is 35.1 Å². The molecular formula is C22H28N4O2S. The Balaban J connectivity index is 1.64. The molecule has 2 aromatic carbocycles. The van der Waals surface area contributed by atoms with Crippen molar-refractivity contribution in [2.45, 2.75) is 30.7 Å². The molecule has 3 N–H and O–H groups in total. The number of rotatable bonds is 8. The van der Waals surface area contributed by atoms with Gasteiger partial charge < -0.3 is 20.9 Å². The Bertz CT molecular complexity index is 852. The van der Waals surface area contributed by atoms with Crippen molar-refractivity contribution in [1.29, 1.82) is 0 Å². The third-order valence-electron chi connectivity index (χ3n) is 4.93. The van der Waals surface area contributed by atoms with Crippen LogP contribution in [0, 0.1) is 0 Å². The maximum atomic E-state index is 12.8. The molecule has 1 aliphatic rings. The Kier molecular flexibility index (Phi) is 7.41. The van der Waals surface area contributed by atoms with Crippen molar-refractivity contribution in [3.63, 3.8) is 0 Å². The maximum Gasteiger partial charge on any atom is 0.321 e. The molecule has 3 amide bonds. The van der Waals surface area contributed by atoms with Crippen molar-refractivity contribution in [3.8, 4) is 0 Å². The lowest BCUT2D eigenvalue weighted by atomic mass is 10.1. The van der Waals surface area contributed by atoms with Gasteiger partial charge in [0.2, 0.25) is 5.91 Å². The SMILES string of the molecule is CN(Cc1ccccc1N1CCCC1)C(=O)Nc1ccccc1SCCC(N)=O. The van der Waals surface area contributed by atoms with E-state index in [-0.39, 0.29) is 11.9 Å². The molecule has 29 heavy (non-hydrogen) atoms. The summed E-state index contributed by atoms with van der Waals surface area (Å²) in [5, 5.41) is 2.99. The largest absolute Gasteiger partial charge is 0.371 e. The third-order valence-corrected chi connectivity index (χ3v) is 6.00. The highest BCUT2D eigenvalue weighted by atomic mass is 32.2. The summed E-state index contributed by atoms with van der Waals surface area (Å²) in [6.45, 7) is 2.68. The molecule has 1 saturated heterocycles. The van der Waals surface area contributed by atoms with Gasteiger partial charge in [0.15, 0.2) is 0 Å². The van der Waals surface area contributed by atoms with Gasteiger partial charge in [-0.1, -0.05) is 30.3 Å². The Morgan fingerprint density at radius 2 is 1.79 bits per heavy atom. The first-order chi connectivity index (χ1) is 14.0. The highest BCUT2D eigenvalue weighted by Crippen LogP contribution is 2.28. The first-order valence-corrected chi connectivity index (χ1v) is 10.9. The molecule has 3 rings (SSSR count). The summed E-state index contributed by atoms with van der Waals surface area (Å²) in [4.78, 5) is 28.8. The van der Waals surface area contributed by atoms with Gasteiger partial charge in [-0.15, -0.1) is 11.8 Å². The van der Waals surface area contributed by atoms with E-state index in [2.05, 4.69) is 28.4 Å². The van der Waals surface area contributed by atoms with Crippen molar-refractivity contribution in [1.82, 2.24) is 4.90 Å². The molecule has 1 fully saturated rings. The van der Waals surface area contributed by atoms with Crippen molar-refractivity contribution in [2.24, 2.45) is 5.73 Å². The number of anilines is 2. The second kappa shape index (κ2) is 10.2. The summed E-state index contributed by atoms with van der Waals surface area (Å²) in [5.41, 5.74) is 8.32. The van der Waals surface area contributed by atoms with Crippen molar-refractivity contribution in [2.75, 3.05) is 36.1 Å². The summed E-state index contributed by atoms with van der Waals surface area (Å²) >= 11 is 1.51. The normalized spacial score (nSPS) is 13.3. The fourth-order valence-corrected chi connectivity index (χ4v) is 4.38. The third kappa shape index (κ3) is 5.90. The van der Waals surface area contributed by atoms with Gasteiger partial charge in [0.1, 0.15) is 0 Å². The Morgan fingerprint density at radius 3 is 2.55 bits per heavy atom. The number of para-hydroxylation sites is 2. The maximum absolute atomic E-state index is 12.8. The molecule has 1 heterocycles. The molecule has 0 spiro atoms. The molecule has 154 valence electrons. The molecule has 0 saturated carbocycles. The number of nitrogens with two attached hydrogens (primary N) is 1. The number of hydrogen-bond acceptors (Lipinski definition) is 4. The summed E-state index contributed by atoms with van der Waals surface area (Å²) in [6, 6.07) is 15.7. The zero-order chi connectivity index (χ0) is 20.6. The van der Waals surface area contributed by atoms with Crippen LogP contribution in [-0.4, -0.2) is 42.7 Å². The molecule has 0 bridgehead atoms. The minimum atomic E-state index is -0.324. The lowest BCUT2D eigenvalue weighted by Crippen LogP contribution is -2.32. The number of nitrogens with zero attached hydrogens (tertiary/aromatic N) is 2. The Labute approximate surface area is 176 Å². The quantitative estimate of drug-likeness (QED) is 0.644. The van der Waals surface area contributed by atoms with Crippen molar-refractivity contribution in [3.05, 3.63) is 54.1 Å². The predicted molar refractivity (Wildman–Crippen MR) is 119 cm³/mol. The number of carbonyl (C=O) groups excluding carboxylic acids is 2. The van der Waals surface area contributed by atoms with Gasteiger partial charge in [-0.2, -0.15) is 0 Å². The predicted octanol–water partition coefficient (Wildman–Crippen LogP) is 3.92. The standard InChI is InChI=1S/C22H28N4O2S/c1-25(16-17-8-2-4-10-19(17)26-13-6-7-14-26)22(28)24-18-9-3-5-11-20(18)29-15-12-21(23)27/h2-5,8-11H,6-7,12-16H2,1H3,(H2,23,27)(H,24,28). The van der Waals surface area contributed by atoms with Crippen molar-refractivity contribution < 1.29 is 9.59 Å². The van der Waals surface area contributed by atoms with E-state index < -0.39 is 0 Å². The fraction of sp³-hybridized carbons (Fsp3) is 0.364. The van der Waals surface area contributed by atoms with Gasteiger partial charge in [-0.3, -0.25) is 4.79 Å². The number of hydrogen-bond donors (Lipinski definition) is 2. The van der Waals surface area contributed by atoms with E-state index in [0.717, 1.165) is 29.2 Å². The zero-order valence-electron chi connectivity index (χ0n) is 16.8. The summed E-state index contributed by atoms with van der Waals surface area (Å²) in [7, 11) is 1.80. The minimum Gasteiger partial charge on any atom is -0.371 e. The van der Waals surface area contributed by atoms with E-state index in [9.17, 15) is 9.59 Å². The van der Waals surface area contributed by atoms with E-state index >= 15 is 0 Å². The lowest BCUT2D eigenvalue weighted by molar-refractivity contribution is -0.117.